The maximum Gasteiger partial charge on any atom is 0.143 e. The molecule has 0 saturated carbocycles. The van der Waals surface area contributed by atoms with Crippen LogP contribution >= 0.6 is 0 Å². The predicted octanol–water partition coefficient (Wildman–Crippen LogP) is 16.2. The number of furan rings is 1. The lowest BCUT2D eigenvalue weighted by Crippen LogP contribution is -2.12. The van der Waals surface area contributed by atoms with Crippen molar-refractivity contribution < 1.29 is 4.42 Å². The lowest BCUT2D eigenvalue weighted by molar-refractivity contribution is 0.670. The first kappa shape index (κ1) is 31.5. The molecule has 2 heteroatoms. The van der Waals surface area contributed by atoms with Gasteiger partial charge in [-0.15, -0.1) is 0 Å². The summed E-state index contributed by atoms with van der Waals surface area (Å²) in [6.07, 6.45) is 0. The Morgan fingerprint density at radius 1 is 0.293 bits per heavy atom. The van der Waals surface area contributed by atoms with Crippen LogP contribution in [0.3, 0.4) is 0 Å². The number of benzene rings is 11. The predicted molar refractivity (Wildman–Crippen MR) is 248 cm³/mol. The molecule has 13 rings (SSSR count). The van der Waals surface area contributed by atoms with E-state index < -0.39 is 0 Å². The molecular weight excluding hydrogens is 703 g/mol. The summed E-state index contributed by atoms with van der Waals surface area (Å²) in [5, 5.41) is 19.8. The molecule has 1 heterocycles. The molecule has 0 radical (unpaired) electrons. The first-order valence-electron chi connectivity index (χ1n) is 20.0. The molecule has 13 aromatic rings. The fraction of sp³-hybridized carbons (Fsp3) is 0. The Balaban J connectivity index is 1.20. The molecule has 0 N–H and O–H groups in total. The Hall–Kier alpha value is -7.68. The molecule has 268 valence electrons. The van der Waals surface area contributed by atoms with Gasteiger partial charge in [-0.3, -0.25) is 0 Å². The number of nitrogens with zero attached hydrogens (tertiary/aromatic N) is 1. The van der Waals surface area contributed by atoms with Crippen LogP contribution in [0.4, 0.5) is 17.1 Å². The minimum Gasteiger partial charge on any atom is -0.455 e. The van der Waals surface area contributed by atoms with Crippen molar-refractivity contribution in [3.8, 4) is 11.1 Å². The fourth-order valence-electron chi connectivity index (χ4n) is 10.1. The van der Waals surface area contributed by atoms with E-state index >= 15 is 0 Å². The summed E-state index contributed by atoms with van der Waals surface area (Å²) < 4.78 is 6.69. The van der Waals surface area contributed by atoms with Crippen molar-refractivity contribution in [2.45, 2.75) is 0 Å². The summed E-state index contributed by atoms with van der Waals surface area (Å²) in [7, 11) is 0. The van der Waals surface area contributed by atoms with Crippen LogP contribution in [0.15, 0.2) is 205 Å². The van der Waals surface area contributed by atoms with Gasteiger partial charge in [0.15, 0.2) is 0 Å². The van der Waals surface area contributed by atoms with Crippen LogP contribution < -0.4 is 4.90 Å². The third-order valence-electron chi connectivity index (χ3n) is 12.5. The summed E-state index contributed by atoms with van der Waals surface area (Å²) in [6, 6.07) is 73.6. The van der Waals surface area contributed by atoms with Gasteiger partial charge in [0.05, 0.1) is 11.4 Å². The van der Waals surface area contributed by atoms with Gasteiger partial charge in [0.1, 0.15) is 11.2 Å². The number of fused-ring (bicyclic) bond motifs is 6. The normalized spacial score (nSPS) is 12.1. The molecule has 0 aliphatic rings. The SMILES string of the molecule is c1ccc(N(c2cc3ccc4cccc5c6cccc7ccc8cccc(c(c2)c3c45)c8c76)c2cccc3ccccc23)c(-c2cccc3c2oc2ccccc23)c1. The zero-order valence-electron chi connectivity index (χ0n) is 31.4. The maximum atomic E-state index is 6.69. The molecule has 0 saturated heterocycles. The highest BCUT2D eigenvalue weighted by Gasteiger charge is 2.24. The van der Waals surface area contributed by atoms with E-state index in [1.54, 1.807) is 0 Å². The van der Waals surface area contributed by atoms with Crippen molar-refractivity contribution >= 4 is 114 Å². The summed E-state index contributed by atoms with van der Waals surface area (Å²) in [6.45, 7) is 0. The van der Waals surface area contributed by atoms with Crippen molar-refractivity contribution in [1.29, 1.82) is 0 Å². The van der Waals surface area contributed by atoms with Crippen LogP contribution in [-0.2, 0) is 0 Å². The molecule has 58 heavy (non-hydrogen) atoms. The molecule has 0 aliphatic heterocycles. The molecule has 0 aliphatic carbocycles. The zero-order valence-corrected chi connectivity index (χ0v) is 31.4. The first-order chi connectivity index (χ1) is 28.8. The van der Waals surface area contributed by atoms with E-state index in [1.807, 2.05) is 6.07 Å². The van der Waals surface area contributed by atoms with E-state index in [0.717, 1.165) is 50.1 Å². The molecule has 0 atom stereocenters. The van der Waals surface area contributed by atoms with Crippen molar-refractivity contribution in [1.82, 2.24) is 0 Å². The Bertz CT molecular complexity index is 3810. The highest BCUT2D eigenvalue weighted by molar-refractivity contribution is 6.37. The maximum absolute atomic E-state index is 6.69. The van der Waals surface area contributed by atoms with E-state index in [9.17, 15) is 0 Å². The second-order valence-corrected chi connectivity index (χ2v) is 15.6. The molecule has 0 unspecified atom stereocenters. The Morgan fingerprint density at radius 2 is 0.776 bits per heavy atom. The minimum atomic E-state index is 0.895. The average molecular weight is 736 g/mol. The van der Waals surface area contributed by atoms with Gasteiger partial charge in [0.2, 0.25) is 0 Å². The first-order valence-corrected chi connectivity index (χ1v) is 20.0. The molecule has 0 amide bonds. The largest absolute Gasteiger partial charge is 0.455 e. The summed E-state index contributed by atoms with van der Waals surface area (Å²) in [4.78, 5) is 2.48. The van der Waals surface area contributed by atoms with E-state index in [0.29, 0.717) is 0 Å². The van der Waals surface area contributed by atoms with Crippen LogP contribution in [0, 0.1) is 0 Å². The number of hydrogen-bond donors (Lipinski definition) is 0. The van der Waals surface area contributed by atoms with Crippen LogP contribution in [0.2, 0.25) is 0 Å². The number of anilines is 3. The average Bonchev–Trinajstić information content (AvgIpc) is 3.67. The second kappa shape index (κ2) is 11.9. The van der Waals surface area contributed by atoms with Crippen LogP contribution in [0.1, 0.15) is 0 Å². The van der Waals surface area contributed by atoms with Gasteiger partial charge in [-0.1, -0.05) is 170 Å². The number of rotatable bonds is 4. The summed E-state index contributed by atoms with van der Waals surface area (Å²) in [5.74, 6) is 0. The van der Waals surface area contributed by atoms with Gasteiger partial charge in [-0.05, 0) is 100 Å². The van der Waals surface area contributed by atoms with Crippen molar-refractivity contribution in [2.24, 2.45) is 0 Å². The third-order valence-corrected chi connectivity index (χ3v) is 12.5. The highest BCUT2D eigenvalue weighted by atomic mass is 16.3. The Morgan fingerprint density at radius 3 is 1.53 bits per heavy atom. The van der Waals surface area contributed by atoms with Crippen molar-refractivity contribution in [3.63, 3.8) is 0 Å². The smallest absolute Gasteiger partial charge is 0.143 e. The van der Waals surface area contributed by atoms with E-state index in [1.165, 1.54) is 75.4 Å². The van der Waals surface area contributed by atoms with E-state index in [2.05, 4.69) is 199 Å². The van der Waals surface area contributed by atoms with Crippen LogP contribution in [-0.4, -0.2) is 0 Å². The highest BCUT2D eigenvalue weighted by Crippen LogP contribution is 2.49. The quantitative estimate of drug-likeness (QED) is 0.167. The van der Waals surface area contributed by atoms with E-state index in [4.69, 9.17) is 4.42 Å². The number of para-hydroxylation sites is 3. The van der Waals surface area contributed by atoms with Gasteiger partial charge in [-0.2, -0.15) is 0 Å². The van der Waals surface area contributed by atoms with Crippen LogP contribution in [0.5, 0.6) is 0 Å². The zero-order chi connectivity index (χ0) is 37.9. The summed E-state index contributed by atoms with van der Waals surface area (Å²) in [5.41, 5.74) is 7.25. The second-order valence-electron chi connectivity index (χ2n) is 15.6. The molecule has 0 spiro atoms. The monoisotopic (exact) mass is 735 g/mol. The van der Waals surface area contributed by atoms with Gasteiger partial charge < -0.3 is 9.32 Å². The van der Waals surface area contributed by atoms with E-state index in [-0.39, 0.29) is 0 Å². The number of hydrogen-bond acceptors (Lipinski definition) is 2. The topological polar surface area (TPSA) is 16.4 Å². The summed E-state index contributed by atoms with van der Waals surface area (Å²) >= 11 is 0. The lowest BCUT2D eigenvalue weighted by atomic mass is 9.87. The van der Waals surface area contributed by atoms with Gasteiger partial charge in [-0.25, -0.2) is 0 Å². The van der Waals surface area contributed by atoms with Crippen molar-refractivity contribution in [2.75, 3.05) is 4.90 Å². The molecule has 0 fully saturated rings. The third kappa shape index (κ3) is 4.37. The molecular formula is C56H33NO. The van der Waals surface area contributed by atoms with Gasteiger partial charge >= 0.3 is 0 Å². The Labute approximate surface area is 333 Å². The standard InChI is InChI=1S/C56H33NO/c1-2-17-40-34(12-1)13-10-26-49(40)57(50-25-5-3-18-41(50)46-23-11-24-47-42-19-4-6-27-51(42)58-56(46)47)39-32-38-31-30-37-15-8-21-44-43-20-7-14-35-28-29-36-16-9-22-45(54(36)52(35)43)48(33-39)55(38)53(37)44/h1-33H. The molecule has 1 aromatic heterocycles. The van der Waals surface area contributed by atoms with Crippen LogP contribution in [0.25, 0.3) is 108 Å². The fourth-order valence-corrected chi connectivity index (χ4v) is 10.1. The van der Waals surface area contributed by atoms with Gasteiger partial charge in [0, 0.05) is 33.0 Å². The Kier molecular flexibility index (Phi) is 6.47. The molecule has 2 nitrogen and oxygen atoms in total. The lowest BCUT2D eigenvalue weighted by Gasteiger charge is -2.30. The molecule has 12 aromatic carbocycles. The van der Waals surface area contributed by atoms with Gasteiger partial charge in [0.25, 0.3) is 0 Å². The minimum absolute atomic E-state index is 0.895. The van der Waals surface area contributed by atoms with Crippen molar-refractivity contribution in [3.05, 3.63) is 200 Å². The molecule has 0 bridgehead atoms.